The number of rotatable bonds is 4. The fraction of sp³-hybridized carbons (Fsp3) is 0.500. The molecule has 116 valence electrons. The predicted octanol–water partition coefficient (Wildman–Crippen LogP) is 1.04. The maximum Gasteiger partial charge on any atom is 0.243 e. The lowest BCUT2D eigenvalue weighted by molar-refractivity contribution is 0.197. The molecule has 2 rings (SSSR count). The number of hydrogen-bond acceptors (Lipinski definition) is 4. The molecule has 2 N–H and O–H groups in total. The fourth-order valence-electron chi connectivity index (χ4n) is 2.61. The predicted molar refractivity (Wildman–Crippen MR) is 87.8 cm³/mol. The van der Waals surface area contributed by atoms with Crippen LogP contribution in [-0.2, 0) is 10.0 Å². The molecule has 0 atom stereocenters. The average Bonchev–Trinajstić information content (AvgIpc) is 2.47. The molecule has 0 amide bonds. The van der Waals surface area contributed by atoms with Gasteiger partial charge in [0.25, 0.3) is 0 Å². The minimum absolute atomic E-state index is 0.0191. The van der Waals surface area contributed by atoms with Gasteiger partial charge in [-0.05, 0) is 39.0 Å². The van der Waals surface area contributed by atoms with Crippen molar-refractivity contribution in [3.05, 3.63) is 29.8 Å². The second kappa shape index (κ2) is 6.39. The van der Waals surface area contributed by atoms with Crippen molar-refractivity contribution in [1.82, 2.24) is 9.21 Å². The van der Waals surface area contributed by atoms with Gasteiger partial charge in [0.15, 0.2) is 0 Å². The SMILES string of the molecule is CN1CCC(N(C)S(=O)(=O)c2ccccc2C(N)=S)CC1. The van der Waals surface area contributed by atoms with Gasteiger partial charge >= 0.3 is 0 Å². The zero-order valence-electron chi connectivity index (χ0n) is 12.3. The van der Waals surface area contributed by atoms with Gasteiger partial charge in [0.2, 0.25) is 10.0 Å². The Labute approximate surface area is 131 Å². The summed E-state index contributed by atoms with van der Waals surface area (Å²) in [6.07, 6.45) is 1.67. The fourth-order valence-corrected chi connectivity index (χ4v) is 4.47. The number of benzene rings is 1. The normalized spacial score (nSPS) is 18.0. The minimum Gasteiger partial charge on any atom is -0.389 e. The molecule has 5 nitrogen and oxygen atoms in total. The molecule has 0 spiro atoms. The van der Waals surface area contributed by atoms with Gasteiger partial charge in [-0.15, -0.1) is 0 Å². The number of hydrogen-bond donors (Lipinski definition) is 1. The molecular weight excluding hydrogens is 306 g/mol. The lowest BCUT2D eigenvalue weighted by atomic mass is 10.1. The molecule has 7 heteroatoms. The van der Waals surface area contributed by atoms with Crippen LogP contribution < -0.4 is 5.73 Å². The standard InChI is InChI=1S/C14H21N3O2S2/c1-16-9-7-11(8-10-16)17(2)21(18,19)13-6-4-3-5-12(13)14(15)20/h3-6,11H,7-10H2,1-2H3,(H2,15,20). The van der Waals surface area contributed by atoms with Crippen molar-refractivity contribution < 1.29 is 8.42 Å². The molecule has 0 bridgehead atoms. The molecule has 1 aliphatic rings. The first-order chi connectivity index (χ1) is 9.84. The molecular formula is C14H21N3O2S2. The van der Waals surface area contributed by atoms with E-state index in [0.717, 1.165) is 25.9 Å². The van der Waals surface area contributed by atoms with Crippen molar-refractivity contribution in [3.63, 3.8) is 0 Å². The topological polar surface area (TPSA) is 66.6 Å². The van der Waals surface area contributed by atoms with Crippen molar-refractivity contribution in [2.24, 2.45) is 5.73 Å². The Morgan fingerprint density at radius 2 is 1.90 bits per heavy atom. The highest BCUT2D eigenvalue weighted by Gasteiger charge is 2.31. The maximum atomic E-state index is 12.8. The van der Waals surface area contributed by atoms with Crippen molar-refractivity contribution in [2.45, 2.75) is 23.8 Å². The molecule has 1 heterocycles. The first-order valence-corrected chi connectivity index (χ1v) is 8.74. The molecule has 1 aliphatic heterocycles. The molecule has 0 saturated carbocycles. The van der Waals surface area contributed by atoms with Crippen LogP contribution in [0.3, 0.4) is 0 Å². The highest BCUT2D eigenvalue weighted by Crippen LogP contribution is 2.24. The van der Waals surface area contributed by atoms with Crippen LogP contribution in [0.15, 0.2) is 29.2 Å². The van der Waals surface area contributed by atoms with E-state index >= 15 is 0 Å². The Bertz CT molecular complexity index is 623. The van der Waals surface area contributed by atoms with Crippen LogP contribution in [0.5, 0.6) is 0 Å². The Morgan fingerprint density at radius 3 is 2.48 bits per heavy atom. The van der Waals surface area contributed by atoms with Gasteiger partial charge in [0.05, 0.1) is 4.90 Å². The molecule has 1 saturated heterocycles. The number of piperidine rings is 1. The van der Waals surface area contributed by atoms with Crippen LogP contribution in [0.4, 0.5) is 0 Å². The summed E-state index contributed by atoms with van der Waals surface area (Å²) < 4.78 is 27.1. The van der Waals surface area contributed by atoms with Crippen LogP contribution in [0.1, 0.15) is 18.4 Å². The van der Waals surface area contributed by atoms with E-state index in [0.29, 0.717) is 5.56 Å². The zero-order valence-corrected chi connectivity index (χ0v) is 14.0. The van der Waals surface area contributed by atoms with Crippen LogP contribution in [0.25, 0.3) is 0 Å². The Hall–Kier alpha value is -1.02. The third-order valence-corrected chi connectivity index (χ3v) is 6.20. The minimum atomic E-state index is -3.58. The van der Waals surface area contributed by atoms with Gasteiger partial charge in [0.1, 0.15) is 4.99 Å². The maximum absolute atomic E-state index is 12.8. The van der Waals surface area contributed by atoms with E-state index in [1.54, 1.807) is 31.3 Å². The Balaban J connectivity index is 2.32. The van der Waals surface area contributed by atoms with Crippen LogP contribution in [0.2, 0.25) is 0 Å². The average molecular weight is 327 g/mol. The van der Waals surface area contributed by atoms with Gasteiger partial charge in [-0.1, -0.05) is 30.4 Å². The molecule has 1 aromatic carbocycles. The molecule has 0 radical (unpaired) electrons. The van der Waals surface area contributed by atoms with E-state index in [1.165, 1.54) is 4.31 Å². The first kappa shape index (κ1) is 16.4. The number of sulfonamides is 1. The summed E-state index contributed by atoms with van der Waals surface area (Å²) >= 11 is 4.97. The summed E-state index contributed by atoms with van der Waals surface area (Å²) in [7, 11) is 0.105. The molecule has 0 aliphatic carbocycles. The lowest BCUT2D eigenvalue weighted by Crippen LogP contribution is -2.44. The van der Waals surface area contributed by atoms with Gasteiger partial charge in [-0.25, -0.2) is 8.42 Å². The van der Waals surface area contributed by atoms with Crippen LogP contribution in [0, 0.1) is 0 Å². The van der Waals surface area contributed by atoms with Gasteiger partial charge in [-0.2, -0.15) is 4.31 Å². The van der Waals surface area contributed by atoms with Gasteiger partial charge in [0, 0.05) is 18.7 Å². The quantitative estimate of drug-likeness (QED) is 0.837. The molecule has 0 aromatic heterocycles. The second-order valence-electron chi connectivity index (χ2n) is 5.42. The van der Waals surface area contributed by atoms with Gasteiger partial charge < -0.3 is 10.6 Å². The summed E-state index contributed by atoms with van der Waals surface area (Å²) in [4.78, 5) is 2.50. The summed E-state index contributed by atoms with van der Waals surface area (Å²) in [5, 5.41) is 0. The van der Waals surface area contributed by atoms with E-state index in [2.05, 4.69) is 4.90 Å². The van der Waals surface area contributed by atoms with Crippen molar-refractivity contribution in [2.75, 3.05) is 27.2 Å². The third-order valence-electron chi connectivity index (χ3n) is 4.01. The van der Waals surface area contributed by atoms with E-state index in [-0.39, 0.29) is 15.9 Å². The number of nitrogens with two attached hydrogens (primary N) is 1. The van der Waals surface area contributed by atoms with E-state index in [1.807, 2.05) is 7.05 Å². The molecule has 0 unspecified atom stereocenters. The van der Waals surface area contributed by atoms with E-state index in [4.69, 9.17) is 18.0 Å². The molecule has 1 fully saturated rings. The van der Waals surface area contributed by atoms with Crippen molar-refractivity contribution >= 4 is 27.2 Å². The summed E-state index contributed by atoms with van der Waals surface area (Å²) in [6, 6.07) is 6.67. The largest absolute Gasteiger partial charge is 0.389 e. The highest BCUT2D eigenvalue weighted by molar-refractivity contribution is 7.89. The highest BCUT2D eigenvalue weighted by atomic mass is 32.2. The van der Waals surface area contributed by atoms with Crippen LogP contribution >= 0.6 is 12.2 Å². The third kappa shape index (κ3) is 3.42. The summed E-state index contributed by atoms with van der Waals surface area (Å²) in [5.41, 5.74) is 6.06. The van der Waals surface area contributed by atoms with Gasteiger partial charge in [-0.3, -0.25) is 0 Å². The summed E-state index contributed by atoms with van der Waals surface area (Å²) in [5.74, 6) is 0. The molecule has 1 aromatic rings. The Kier molecular flexibility index (Phi) is 4.98. The zero-order chi connectivity index (χ0) is 15.6. The lowest BCUT2D eigenvalue weighted by Gasteiger charge is -2.34. The van der Waals surface area contributed by atoms with Crippen molar-refractivity contribution in [3.8, 4) is 0 Å². The Morgan fingerprint density at radius 1 is 1.33 bits per heavy atom. The molecule has 21 heavy (non-hydrogen) atoms. The second-order valence-corrected chi connectivity index (χ2v) is 7.82. The van der Waals surface area contributed by atoms with E-state index < -0.39 is 10.0 Å². The van der Waals surface area contributed by atoms with Crippen LogP contribution in [-0.4, -0.2) is 55.8 Å². The number of thiocarbonyl (C=S) groups is 1. The number of nitrogens with zero attached hydrogens (tertiary/aromatic N) is 2. The van der Waals surface area contributed by atoms with Crippen molar-refractivity contribution in [1.29, 1.82) is 0 Å². The number of likely N-dealkylation sites (tertiary alicyclic amines) is 1. The van der Waals surface area contributed by atoms with E-state index in [9.17, 15) is 8.42 Å². The summed E-state index contributed by atoms with van der Waals surface area (Å²) in [6.45, 7) is 1.81. The monoisotopic (exact) mass is 327 g/mol. The first-order valence-electron chi connectivity index (χ1n) is 6.89. The smallest absolute Gasteiger partial charge is 0.243 e.